The van der Waals surface area contributed by atoms with Crippen LogP contribution in [0.15, 0.2) is 54.6 Å². The number of nitriles is 1. The first-order chi connectivity index (χ1) is 11.3. The van der Waals surface area contributed by atoms with E-state index in [0.717, 1.165) is 12.0 Å². The van der Waals surface area contributed by atoms with Gasteiger partial charge in [0.25, 0.3) is 0 Å². The second-order valence-electron chi connectivity index (χ2n) is 5.39. The van der Waals surface area contributed by atoms with Gasteiger partial charge in [-0.25, -0.2) is 4.79 Å². The molecule has 5 heteroatoms. The quantitative estimate of drug-likeness (QED) is 0.914. The summed E-state index contributed by atoms with van der Waals surface area (Å²) >= 11 is 0. The molecule has 0 radical (unpaired) electrons. The zero-order valence-electron chi connectivity index (χ0n) is 12.5. The molecular formula is C18H17N3O2. The summed E-state index contributed by atoms with van der Waals surface area (Å²) in [6.07, 6.45) is 0.637. The highest BCUT2D eigenvalue weighted by Crippen LogP contribution is 2.29. The van der Waals surface area contributed by atoms with Crippen molar-refractivity contribution in [1.29, 1.82) is 5.26 Å². The molecule has 23 heavy (non-hydrogen) atoms. The lowest BCUT2D eigenvalue weighted by Crippen LogP contribution is -2.39. The van der Waals surface area contributed by atoms with Crippen molar-refractivity contribution in [3.8, 4) is 6.07 Å². The summed E-state index contributed by atoms with van der Waals surface area (Å²) in [5.41, 5.74) is 2.16. The van der Waals surface area contributed by atoms with Crippen molar-refractivity contribution in [2.24, 2.45) is 0 Å². The molecule has 1 fully saturated rings. The highest BCUT2D eigenvalue weighted by molar-refractivity contribution is 5.89. The summed E-state index contributed by atoms with van der Waals surface area (Å²) in [5.74, 6) is 0. The van der Waals surface area contributed by atoms with Crippen LogP contribution < -0.4 is 10.6 Å². The molecular weight excluding hydrogens is 290 g/mol. The molecule has 0 bridgehead atoms. The van der Waals surface area contributed by atoms with Crippen LogP contribution in [0.5, 0.6) is 0 Å². The van der Waals surface area contributed by atoms with E-state index < -0.39 is 0 Å². The van der Waals surface area contributed by atoms with Crippen LogP contribution >= 0.6 is 0 Å². The van der Waals surface area contributed by atoms with Gasteiger partial charge in [-0.1, -0.05) is 36.4 Å². The first kappa shape index (κ1) is 15.1. The molecule has 0 saturated carbocycles. The van der Waals surface area contributed by atoms with E-state index in [9.17, 15) is 4.79 Å². The number of urea groups is 1. The number of nitrogens with one attached hydrogen (secondary N) is 2. The fourth-order valence-electron chi connectivity index (χ4n) is 2.71. The van der Waals surface area contributed by atoms with Gasteiger partial charge in [-0.3, -0.25) is 0 Å². The highest BCUT2D eigenvalue weighted by Gasteiger charge is 2.30. The van der Waals surface area contributed by atoms with Crippen LogP contribution in [0, 0.1) is 11.3 Å². The highest BCUT2D eigenvalue weighted by atomic mass is 16.5. The second kappa shape index (κ2) is 6.95. The molecule has 1 aliphatic heterocycles. The molecule has 2 unspecified atom stereocenters. The number of hydrogen-bond donors (Lipinski definition) is 2. The summed E-state index contributed by atoms with van der Waals surface area (Å²) in [4.78, 5) is 12.2. The Hall–Kier alpha value is -2.84. The number of carbonyl (C=O) groups is 1. The number of carbonyl (C=O) groups excluding carboxylic acids is 1. The van der Waals surface area contributed by atoms with Gasteiger partial charge in [0.05, 0.1) is 17.7 Å². The van der Waals surface area contributed by atoms with Crippen LogP contribution in [-0.2, 0) is 4.74 Å². The molecule has 2 atom stereocenters. The van der Waals surface area contributed by atoms with Gasteiger partial charge in [0.2, 0.25) is 0 Å². The molecule has 5 nitrogen and oxygen atoms in total. The van der Waals surface area contributed by atoms with Crippen LogP contribution in [-0.4, -0.2) is 18.7 Å². The van der Waals surface area contributed by atoms with E-state index in [4.69, 9.17) is 10.00 Å². The number of amides is 2. The lowest BCUT2D eigenvalue weighted by molar-refractivity contribution is 0.100. The minimum absolute atomic E-state index is 0.0726. The van der Waals surface area contributed by atoms with Crippen molar-refractivity contribution in [3.63, 3.8) is 0 Å². The molecule has 2 N–H and O–H groups in total. The van der Waals surface area contributed by atoms with Crippen LogP contribution in [0.1, 0.15) is 23.7 Å². The molecule has 0 spiro atoms. The SMILES string of the molecule is N#Cc1cccc(NC(=O)NC2CCOC2c2ccccc2)c1. The number of rotatable bonds is 3. The van der Waals surface area contributed by atoms with E-state index >= 15 is 0 Å². The Balaban J connectivity index is 1.64. The predicted molar refractivity (Wildman–Crippen MR) is 86.9 cm³/mol. The predicted octanol–water partition coefficient (Wildman–Crippen LogP) is 3.21. The third kappa shape index (κ3) is 3.68. The second-order valence-corrected chi connectivity index (χ2v) is 5.39. The lowest BCUT2D eigenvalue weighted by atomic mass is 10.0. The maximum atomic E-state index is 12.2. The Labute approximate surface area is 134 Å². The third-order valence-corrected chi connectivity index (χ3v) is 3.79. The van der Waals surface area contributed by atoms with Crippen LogP contribution in [0.4, 0.5) is 10.5 Å². The van der Waals surface area contributed by atoms with E-state index in [0.29, 0.717) is 17.9 Å². The Bertz CT molecular complexity index is 725. The molecule has 0 aliphatic carbocycles. The standard InChI is InChI=1S/C18H17N3O2/c19-12-13-5-4-8-15(11-13)20-18(22)21-16-9-10-23-17(16)14-6-2-1-3-7-14/h1-8,11,16-17H,9-10H2,(H2,20,21,22). The summed E-state index contributed by atoms with van der Waals surface area (Å²) in [6, 6.07) is 18.4. The number of ether oxygens (including phenoxy) is 1. The van der Waals surface area contributed by atoms with Crippen LogP contribution in [0.3, 0.4) is 0 Å². The molecule has 1 saturated heterocycles. The van der Waals surface area contributed by atoms with Crippen molar-refractivity contribution in [1.82, 2.24) is 5.32 Å². The van der Waals surface area contributed by atoms with Gasteiger partial charge in [0, 0.05) is 12.3 Å². The Morgan fingerprint density at radius 3 is 2.78 bits per heavy atom. The average molecular weight is 307 g/mol. The smallest absolute Gasteiger partial charge is 0.319 e. The summed E-state index contributed by atoms with van der Waals surface area (Å²) in [5, 5.41) is 14.6. The zero-order chi connectivity index (χ0) is 16.1. The monoisotopic (exact) mass is 307 g/mol. The molecule has 1 heterocycles. The lowest BCUT2D eigenvalue weighted by Gasteiger charge is -2.20. The molecule has 116 valence electrons. The van der Waals surface area contributed by atoms with Crippen molar-refractivity contribution < 1.29 is 9.53 Å². The van der Waals surface area contributed by atoms with Crippen molar-refractivity contribution in [2.75, 3.05) is 11.9 Å². The summed E-state index contributed by atoms with van der Waals surface area (Å²) in [6.45, 7) is 0.619. The van der Waals surface area contributed by atoms with Crippen molar-refractivity contribution in [2.45, 2.75) is 18.6 Å². The van der Waals surface area contributed by atoms with Gasteiger partial charge in [-0.05, 0) is 30.2 Å². The van der Waals surface area contributed by atoms with Crippen molar-refractivity contribution >= 4 is 11.7 Å². The minimum atomic E-state index is -0.295. The van der Waals surface area contributed by atoms with Gasteiger partial charge in [0.15, 0.2) is 0 Å². The van der Waals surface area contributed by atoms with Gasteiger partial charge in [-0.2, -0.15) is 5.26 Å². The van der Waals surface area contributed by atoms with E-state index in [2.05, 4.69) is 16.7 Å². The average Bonchev–Trinajstić information content (AvgIpc) is 3.03. The minimum Gasteiger partial charge on any atom is -0.371 e. The third-order valence-electron chi connectivity index (χ3n) is 3.79. The van der Waals surface area contributed by atoms with E-state index in [1.807, 2.05) is 30.3 Å². The number of anilines is 1. The molecule has 2 aromatic rings. The van der Waals surface area contributed by atoms with Crippen molar-refractivity contribution in [3.05, 3.63) is 65.7 Å². The van der Waals surface area contributed by atoms with E-state index in [1.165, 1.54) is 0 Å². The number of nitrogens with zero attached hydrogens (tertiary/aromatic N) is 1. The van der Waals surface area contributed by atoms with Gasteiger partial charge in [0.1, 0.15) is 6.10 Å². The fourth-order valence-corrected chi connectivity index (χ4v) is 2.71. The summed E-state index contributed by atoms with van der Waals surface area (Å²) in [7, 11) is 0. The topological polar surface area (TPSA) is 74.2 Å². The largest absolute Gasteiger partial charge is 0.371 e. The Morgan fingerprint density at radius 1 is 1.17 bits per heavy atom. The van der Waals surface area contributed by atoms with Crippen LogP contribution in [0.25, 0.3) is 0 Å². The summed E-state index contributed by atoms with van der Waals surface area (Å²) < 4.78 is 5.75. The van der Waals surface area contributed by atoms with Gasteiger partial charge < -0.3 is 15.4 Å². The Morgan fingerprint density at radius 2 is 2.00 bits per heavy atom. The maximum Gasteiger partial charge on any atom is 0.319 e. The first-order valence-corrected chi connectivity index (χ1v) is 7.50. The molecule has 1 aliphatic rings. The van der Waals surface area contributed by atoms with Crippen LogP contribution in [0.2, 0.25) is 0 Å². The van der Waals surface area contributed by atoms with Gasteiger partial charge in [-0.15, -0.1) is 0 Å². The molecule has 3 rings (SSSR count). The van der Waals surface area contributed by atoms with E-state index in [1.54, 1.807) is 24.3 Å². The fraction of sp³-hybridized carbons (Fsp3) is 0.222. The molecule has 0 aromatic heterocycles. The van der Waals surface area contributed by atoms with Gasteiger partial charge >= 0.3 is 6.03 Å². The van der Waals surface area contributed by atoms with E-state index in [-0.39, 0.29) is 18.2 Å². The zero-order valence-corrected chi connectivity index (χ0v) is 12.5. The first-order valence-electron chi connectivity index (χ1n) is 7.50. The number of benzene rings is 2. The molecule has 2 amide bonds. The molecule has 2 aromatic carbocycles. The maximum absolute atomic E-state index is 12.2. The normalized spacial score (nSPS) is 19.8. The Kier molecular flexibility index (Phi) is 4.55. The number of hydrogen-bond acceptors (Lipinski definition) is 3.